The molecule has 104 valence electrons. The van der Waals surface area contributed by atoms with Crippen LogP contribution in [0.3, 0.4) is 0 Å². The van der Waals surface area contributed by atoms with Crippen molar-refractivity contribution in [3.05, 3.63) is 59.7 Å². The molecule has 0 aliphatic rings. The Morgan fingerprint density at radius 3 is 2.10 bits per heavy atom. The second-order valence-corrected chi connectivity index (χ2v) is 5.30. The molecule has 4 heteroatoms. The normalized spacial score (nSPS) is 10.3. The molecule has 0 radical (unpaired) electrons. The average Bonchev–Trinajstić information content (AvgIpc) is 2.49. The SMILES string of the molecule is CCOC(=O)c1ccc(Sc2ccc(CO)cc2)cc1. The van der Waals surface area contributed by atoms with Crippen LogP contribution in [0.5, 0.6) is 0 Å². The quantitative estimate of drug-likeness (QED) is 0.855. The van der Waals surface area contributed by atoms with Crippen LogP contribution >= 0.6 is 11.8 Å². The lowest BCUT2D eigenvalue weighted by molar-refractivity contribution is 0.0526. The number of aliphatic hydroxyl groups excluding tert-OH is 1. The Hall–Kier alpha value is -1.78. The van der Waals surface area contributed by atoms with Gasteiger partial charge in [-0.2, -0.15) is 0 Å². The van der Waals surface area contributed by atoms with E-state index in [0.29, 0.717) is 12.2 Å². The molecule has 20 heavy (non-hydrogen) atoms. The van der Waals surface area contributed by atoms with E-state index in [0.717, 1.165) is 15.4 Å². The maximum absolute atomic E-state index is 11.5. The summed E-state index contributed by atoms with van der Waals surface area (Å²) in [5.41, 5.74) is 1.46. The summed E-state index contributed by atoms with van der Waals surface area (Å²) in [7, 11) is 0. The van der Waals surface area contributed by atoms with Gasteiger partial charge in [-0.15, -0.1) is 0 Å². The van der Waals surface area contributed by atoms with Gasteiger partial charge in [0.1, 0.15) is 0 Å². The highest BCUT2D eigenvalue weighted by atomic mass is 32.2. The van der Waals surface area contributed by atoms with Crippen molar-refractivity contribution in [2.24, 2.45) is 0 Å². The molecule has 1 N–H and O–H groups in total. The van der Waals surface area contributed by atoms with Gasteiger partial charge in [-0.05, 0) is 48.9 Å². The van der Waals surface area contributed by atoms with E-state index in [2.05, 4.69) is 0 Å². The van der Waals surface area contributed by atoms with Crippen molar-refractivity contribution in [1.29, 1.82) is 0 Å². The van der Waals surface area contributed by atoms with Gasteiger partial charge in [0, 0.05) is 9.79 Å². The van der Waals surface area contributed by atoms with Crippen molar-refractivity contribution in [2.75, 3.05) is 6.61 Å². The molecule has 0 heterocycles. The number of carbonyl (C=O) groups is 1. The molecule has 0 aromatic heterocycles. The number of carbonyl (C=O) groups excluding carboxylic acids is 1. The number of benzene rings is 2. The number of esters is 1. The minimum atomic E-state index is -0.295. The highest BCUT2D eigenvalue weighted by molar-refractivity contribution is 7.99. The summed E-state index contributed by atoms with van der Waals surface area (Å²) in [4.78, 5) is 13.7. The monoisotopic (exact) mass is 288 g/mol. The van der Waals surface area contributed by atoms with Gasteiger partial charge in [0.25, 0.3) is 0 Å². The topological polar surface area (TPSA) is 46.5 Å². The minimum absolute atomic E-state index is 0.0547. The van der Waals surface area contributed by atoms with Crippen LogP contribution in [0.15, 0.2) is 58.3 Å². The molecule has 2 aromatic rings. The minimum Gasteiger partial charge on any atom is -0.462 e. The van der Waals surface area contributed by atoms with Crippen LogP contribution < -0.4 is 0 Å². The van der Waals surface area contributed by atoms with Crippen LogP contribution in [0.25, 0.3) is 0 Å². The molecular weight excluding hydrogens is 272 g/mol. The van der Waals surface area contributed by atoms with Crippen molar-refractivity contribution in [2.45, 2.75) is 23.3 Å². The van der Waals surface area contributed by atoms with Crippen molar-refractivity contribution in [1.82, 2.24) is 0 Å². The largest absolute Gasteiger partial charge is 0.462 e. The summed E-state index contributed by atoms with van der Waals surface area (Å²) in [6.45, 7) is 2.23. The van der Waals surface area contributed by atoms with Gasteiger partial charge in [0.2, 0.25) is 0 Å². The van der Waals surface area contributed by atoms with E-state index in [9.17, 15) is 4.79 Å². The number of ether oxygens (including phenoxy) is 1. The van der Waals surface area contributed by atoms with Crippen LogP contribution in [0.4, 0.5) is 0 Å². The molecule has 0 aliphatic heterocycles. The van der Waals surface area contributed by atoms with Crippen LogP contribution in [-0.2, 0) is 11.3 Å². The Morgan fingerprint density at radius 1 is 1.05 bits per heavy atom. The number of aliphatic hydroxyl groups is 1. The van der Waals surface area contributed by atoms with E-state index < -0.39 is 0 Å². The van der Waals surface area contributed by atoms with Crippen molar-refractivity contribution in [3.63, 3.8) is 0 Å². The molecule has 2 aromatic carbocycles. The van der Waals surface area contributed by atoms with Crippen LogP contribution in [-0.4, -0.2) is 17.7 Å². The lowest BCUT2D eigenvalue weighted by Crippen LogP contribution is -2.03. The lowest BCUT2D eigenvalue weighted by Gasteiger charge is -2.05. The van der Waals surface area contributed by atoms with E-state index in [1.807, 2.05) is 36.4 Å². The first-order valence-electron chi connectivity index (χ1n) is 6.37. The summed E-state index contributed by atoms with van der Waals surface area (Å²) in [5.74, 6) is -0.295. The standard InChI is InChI=1S/C16H16O3S/c1-2-19-16(18)13-5-9-15(10-6-13)20-14-7-3-12(11-17)4-8-14/h3-10,17H,2,11H2,1H3. The predicted octanol–water partition coefficient (Wildman–Crippen LogP) is 3.51. The van der Waals surface area contributed by atoms with Crippen molar-refractivity contribution in [3.8, 4) is 0 Å². The fourth-order valence-corrected chi connectivity index (χ4v) is 2.49. The molecule has 0 spiro atoms. The van der Waals surface area contributed by atoms with E-state index >= 15 is 0 Å². The third kappa shape index (κ3) is 3.85. The van der Waals surface area contributed by atoms with Gasteiger partial charge in [0.05, 0.1) is 18.8 Å². The van der Waals surface area contributed by atoms with E-state index in [4.69, 9.17) is 9.84 Å². The zero-order valence-corrected chi connectivity index (χ0v) is 12.0. The summed E-state index contributed by atoms with van der Waals surface area (Å²) in [6.07, 6.45) is 0. The van der Waals surface area contributed by atoms with Gasteiger partial charge >= 0.3 is 5.97 Å². The summed E-state index contributed by atoms with van der Waals surface area (Å²) in [6, 6.07) is 15.1. The van der Waals surface area contributed by atoms with Gasteiger partial charge in [-0.25, -0.2) is 4.79 Å². The summed E-state index contributed by atoms with van der Waals surface area (Å²) in [5, 5.41) is 8.99. The van der Waals surface area contributed by atoms with E-state index in [-0.39, 0.29) is 12.6 Å². The molecule has 0 atom stereocenters. The highest BCUT2D eigenvalue weighted by Crippen LogP contribution is 2.28. The fourth-order valence-electron chi connectivity index (χ4n) is 1.67. The van der Waals surface area contributed by atoms with E-state index in [1.165, 1.54) is 0 Å². The van der Waals surface area contributed by atoms with Crippen molar-refractivity contribution < 1.29 is 14.6 Å². The molecule has 0 aliphatic carbocycles. The number of hydrogen-bond donors (Lipinski definition) is 1. The molecule has 3 nitrogen and oxygen atoms in total. The molecule has 2 rings (SSSR count). The third-order valence-electron chi connectivity index (χ3n) is 2.71. The molecule has 0 fully saturated rings. The molecule has 0 bridgehead atoms. The Kier molecular flexibility index (Phi) is 5.21. The first-order chi connectivity index (χ1) is 9.72. The molecule has 0 amide bonds. The van der Waals surface area contributed by atoms with Crippen LogP contribution in [0.2, 0.25) is 0 Å². The second-order valence-electron chi connectivity index (χ2n) is 4.15. The number of hydrogen-bond acceptors (Lipinski definition) is 4. The lowest BCUT2D eigenvalue weighted by atomic mass is 10.2. The van der Waals surface area contributed by atoms with Gasteiger partial charge in [0.15, 0.2) is 0 Å². The molecule has 0 saturated carbocycles. The fraction of sp³-hybridized carbons (Fsp3) is 0.188. The summed E-state index contributed by atoms with van der Waals surface area (Å²) < 4.78 is 4.94. The highest BCUT2D eigenvalue weighted by Gasteiger charge is 2.06. The van der Waals surface area contributed by atoms with Crippen LogP contribution in [0, 0.1) is 0 Å². The Balaban J connectivity index is 2.04. The Bertz CT molecular complexity index is 561. The third-order valence-corrected chi connectivity index (χ3v) is 3.72. The predicted molar refractivity (Wildman–Crippen MR) is 78.9 cm³/mol. The maximum Gasteiger partial charge on any atom is 0.338 e. The second kappa shape index (κ2) is 7.12. The average molecular weight is 288 g/mol. The maximum atomic E-state index is 11.5. The number of rotatable bonds is 5. The van der Waals surface area contributed by atoms with Gasteiger partial charge in [-0.3, -0.25) is 0 Å². The zero-order valence-electron chi connectivity index (χ0n) is 11.2. The molecule has 0 saturated heterocycles. The van der Waals surface area contributed by atoms with E-state index in [1.54, 1.807) is 30.8 Å². The smallest absolute Gasteiger partial charge is 0.338 e. The zero-order chi connectivity index (χ0) is 14.4. The first kappa shape index (κ1) is 14.6. The first-order valence-corrected chi connectivity index (χ1v) is 7.19. The van der Waals surface area contributed by atoms with Gasteiger partial charge < -0.3 is 9.84 Å². The molecule has 0 unspecified atom stereocenters. The Labute approximate surface area is 122 Å². The van der Waals surface area contributed by atoms with Crippen LogP contribution in [0.1, 0.15) is 22.8 Å². The van der Waals surface area contributed by atoms with Crippen molar-refractivity contribution >= 4 is 17.7 Å². The van der Waals surface area contributed by atoms with Gasteiger partial charge in [-0.1, -0.05) is 23.9 Å². The Morgan fingerprint density at radius 2 is 1.60 bits per heavy atom. The molecular formula is C16H16O3S. The summed E-state index contributed by atoms with van der Waals surface area (Å²) >= 11 is 1.61.